The van der Waals surface area contributed by atoms with Crippen LogP contribution >= 0.6 is 0 Å². The number of nitrogens with zero attached hydrogens (tertiary/aromatic N) is 5. The summed E-state index contributed by atoms with van der Waals surface area (Å²) in [6.07, 6.45) is 6.12. The van der Waals surface area contributed by atoms with Gasteiger partial charge in [0.15, 0.2) is 0 Å². The zero-order valence-electron chi connectivity index (χ0n) is 19.9. The number of aryl methyl sites for hydroxylation is 2. The van der Waals surface area contributed by atoms with E-state index >= 15 is 0 Å². The summed E-state index contributed by atoms with van der Waals surface area (Å²) in [5, 5.41) is 14.8. The summed E-state index contributed by atoms with van der Waals surface area (Å²) < 4.78 is 29.1. The van der Waals surface area contributed by atoms with E-state index in [2.05, 4.69) is 25.5 Å². The Morgan fingerprint density at radius 2 is 1.97 bits per heavy atom. The molecule has 0 bridgehead atoms. The maximum absolute atomic E-state index is 13.7. The Hall–Kier alpha value is -3.30. The fourth-order valence-electron chi connectivity index (χ4n) is 5.72. The number of nitrogens with one attached hydrogen (secondary N) is 2. The number of anilines is 1. The molecule has 1 saturated carbocycles. The molecule has 0 radical (unpaired) electrons. The van der Waals surface area contributed by atoms with Gasteiger partial charge in [0.05, 0.1) is 30.0 Å². The van der Waals surface area contributed by atoms with Gasteiger partial charge in [-0.25, -0.2) is 13.8 Å². The molecule has 3 aromatic heterocycles. The predicted molar refractivity (Wildman–Crippen MR) is 126 cm³/mol. The van der Waals surface area contributed by atoms with Gasteiger partial charge in [0.25, 0.3) is 11.8 Å². The van der Waals surface area contributed by atoms with Crippen LogP contribution in [0.4, 0.5) is 14.6 Å². The van der Waals surface area contributed by atoms with Crippen molar-refractivity contribution in [2.75, 3.05) is 18.0 Å². The lowest BCUT2D eigenvalue weighted by Crippen LogP contribution is -2.27. The minimum atomic E-state index is -2.46. The van der Waals surface area contributed by atoms with Gasteiger partial charge in [0.2, 0.25) is 0 Å². The highest BCUT2D eigenvalue weighted by molar-refractivity contribution is 5.94. The average molecular weight is 482 g/mol. The van der Waals surface area contributed by atoms with E-state index in [1.54, 1.807) is 17.1 Å². The largest absolute Gasteiger partial charge is 0.357 e. The van der Waals surface area contributed by atoms with E-state index in [1.165, 1.54) is 5.56 Å². The van der Waals surface area contributed by atoms with E-state index in [9.17, 15) is 13.6 Å². The predicted octanol–water partition coefficient (Wildman–Crippen LogP) is 3.57. The number of pyridine rings is 1. The van der Waals surface area contributed by atoms with Crippen LogP contribution < -0.4 is 10.2 Å². The van der Waals surface area contributed by atoms with Crippen LogP contribution in [0.25, 0.3) is 0 Å². The minimum absolute atomic E-state index is 0.0825. The summed E-state index contributed by atoms with van der Waals surface area (Å²) in [5.74, 6) is -2.71. The SMILES string of the molecule is Cc1nc(N2CCC3C(CC2)C3(F)F)ccc1Cn1cc(C(=O)N[C@@H]2CCc3c2n[nH]c3C)cn1. The second kappa shape index (κ2) is 8.13. The standard InChI is InChI=1S/C25H29F2N7O/c1-14-16(3-6-22(29-14)33-9-7-19-20(8-10-33)25(19,26)27)12-34-13-17(11-28-34)24(35)30-21-5-4-18-15(2)31-32-23(18)21/h3,6,11,13,19-21H,4-5,7-10,12H2,1-2H3,(H,30,35)(H,31,32)/t19?,20?,21-/m1/s1. The molecular formula is C25H29F2N7O. The van der Waals surface area contributed by atoms with Gasteiger partial charge in [-0.15, -0.1) is 0 Å². The molecule has 4 heterocycles. The Labute approximate surface area is 202 Å². The van der Waals surface area contributed by atoms with Crippen LogP contribution in [0.3, 0.4) is 0 Å². The van der Waals surface area contributed by atoms with Gasteiger partial charge >= 0.3 is 0 Å². The van der Waals surface area contributed by atoms with Crippen molar-refractivity contribution in [1.82, 2.24) is 30.3 Å². The molecule has 1 saturated heterocycles. The first-order valence-corrected chi connectivity index (χ1v) is 12.3. The number of amides is 1. The maximum Gasteiger partial charge on any atom is 0.255 e. The number of carbonyl (C=O) groups is 1. The van der Waals surface area contributed by atoms with E-state index < -0.39 is 17.8 Å². The quantitative estimate of drug-likeness (QED) is 0.582. The first-order valence-electron chi connectivity index (χ1n) is 12.3. The highest BCUT2D eigenvalue weighted by Crippen LogP contribution is 2.59. The molecule has 0 spiro atoms. The van der Waals surface area contributed by atoms with Gasteiger partial charge in [-0.3, -0.25) is 14.6 Å². The van der Waals surface area contributed by atoms with Crippen molar-refractivity contribution in [3.8, 4) is 0 Å². The lowest BCUT2D eigenvalue weighted by atomic mass is 10.2. The second-order valence-electron chi connectivity index (χ2n) is 10.1. The smallest absolute Gasteiger partial charge is 0.255 e. The topological polar surface area (TPSA) is 91.7 Å². The molecule has 10 heteroatoms. The molecular weight excluding hydrogens is 452 g/mol. The Balaban J connectivity index is 1.09. The summed E-state index contributed by atoms with van der Waals surface area (Å²) in [5.41, 5.74) is 5.57. The monoisotopic (exact) mass is 481 g/mol. The highest BCUT2D eigenvalue weighted by atomic mass is 19.3. The van der Waals surface area contributed by atoms with Crippen molar-refractivity contribution in [2.45, 2.75) is 58.0 Å². The maximum atomic E-state index is 13.7. The lowest BCUT2D eigenvalue weighted by molar-refractivity contribution is 0.0803. The summed E-state index contributed by atoms with van der Waals surface area (Å²) in [6, 6.07) is 3.89. The van der Waals surface area contributed by atoms with Crippen LogP contribution in [0.1, 0.15) is 63.9 Å². The van der Waals surface area contributed by atoms with Crippen molar-refractivity contribution >= 4 is 11.7 Å². The van der Waals surface area contributed by atoms with E-state index in [4.69, 9.17) is 4.98 Å². The molecule has 8 nitrogen and oxygen atoms in total. The zero-order valence-corrected chi connectivity index (χ0v) is 19.9. The van der Waals surface area contributed by atoms with Gasteiger partial charge in [0.1, 0.15) is 5.82 Å². The van der Waals surface area contributed by atoms with E-state index in [-0.39, 0.29) is 11.9 Å². The number of H-pyrrole nitrogens is 1. The number of carbonyl (C=O) groups excluding carboxylic acids is 1. The summed E-state index contributed by atoms with van der Waals surface area (Å²) in [7, 11) is 0. The van der Waals surface area contributed by atoms with Crippen molar-refractivity contribution in [1.29, 1.82) is 0 Å². The Morgan fingerprint density at radius 3 is 2.71 bits per heavy atom. The molecule has 184 valence electrons. The number of aromatic nitrogens is 5. The van der Waals surface area contributed by atoms with Crippen LogP contribution in [-0.2, 0) is 13.0 Å². The molecule has 2 unspecified atom stereocenters. The second-order valence-corrected chi connectivity index (χ2v) is 10.1. The summed E-state index contributed by atoms with van der Waals surface area (Å²) in [4.78, 5) is 19.7. The third-order valence-electron chi connectivity index (χ3n) is 7.94. The van der Waals surface area contributed by atoms with Crippen molar-refractivity contribution in [2.24, 2.45) is 11.8 Å². The Morgan fingerprint density at radius 1 is 1.20 bits per heavy atom. The van der Waals surface area contributed by atoms with E-state index in [1.807, 2.05) is 26.0 Å². The third kappa shape index (κ3) is 3.88. The van der Waals surface area contributed by atoms with Gasteiger partial charge in [-0.1, -0.05) is 6.07 Å². The molecule has 2 N–H and O–H groups in total. The van der Waals surface area contributed by atoms with Crippen LogP contribution in [0.2, 0.25) is 0 Å². The van der Waals surface area contributed by atoms with E-state index in [0.717, 1.165) is 41.3 Å². The van der Waals surface area contributed by atoms with Crippen LogP contribution in [0, 0.1) is 25.7 Å². The molecule has 1 amide bonds. The molecule has 35 heavy (non-hydrogen) atoms. The van der Waals surface area contributed by atoms with Gasteiger partial charge in [0, 0.05) is 42.5 Å². The fourth-order valence-corrected chi connectivity index (χ4v) is 5.72. The number of hydrogen-bond acceptors (Lipinski definition) is 5. The highest BCUT2D eigenvalue weighted by Gasteiger charge is 2.67. The number of rotatable bonds is 5. The van der Waals surface area contributed by atoms with Gasteiger partial charge in [-0.2, -0.15) is 10.2 Å². The van der Waals surface area contributed by atoms with E-state index in [0.29, 0.717) is 38.0 Å². The molecule has 2 fully saturated rings. The van der Waals surface area contributed by atoms with Crippen molar-refractivity contribution < 1.29 is 13.6 Å². The summed E-state index contributed by atoms with van der Waals surface area (Å²) >= 11 is 0. The number of fused-ring (bicyclic) bond motifs is 2. The molecule has 2 aliphatic carbocycles. The molecule has 1 aliphatic heterocycles. The van der Waals surface area contributed by atoms with Crippen LogP contribution in [0.15, 0.2) is 24.5 Å². The number of aromatic amines is 1. The average Bonchev–Trinajstić information content (AvgIpc) is 3.24. The first kappa shape index (κ1) is 22.2. The Kier molecular flexibility index (Phi) is 5.16. The third-order valence-corrected chi connectivity index (χ3v) is 7.94. The first-order chi connectivity index (χ1) is 16.8. The molecule has 3 aromatic rings. The Bertz CT molecular complexity index is 1270. The fraction of sp³-hybridized carbons (Fsp3) is 0.520. The minimum Gasteiger partial charge on any atom is -0.357 e. The zero-order chi connectivity index (χ0) is 24.3. The number of halogens is 2. The van der Waals surface area contributed by atoms with Crippen LogP contribution in [-0.4, -0.2) is 49.9 Å². The lowest BCUT2D eigenvalue weighted by Gasteiger charge is -2.23. The molecule has 0 aromatic carbocycles. The van der Waals surface area contributed by atoms with Crippen molar-refractivity contribution in [3.05, 3.63) is 58.3 Å². The summed E-state index contributed by atoms with van der Waals surface area (Å²) in [6.45, 7) is 5.67. The normalized spacial score (nSPS) is 24.6. The van der Waals surface area contributed by atoms with Gasteiger partial charge in [-0.05, 0) is 56.7 Å². The van der Waals surface area contributed by atoms with Gasteiger partial charge < -0.3 is 10.2 Å². The molecule has 3 atom stereocenters. The molecule has 6 rings (SSSR count). The number of alkyl halides is 2. The number of hydrogen-bond donors (Lipinski definition) is 2. The molecule has 3 aliphatic rings. The van der Waals surface area contributed by atoms with Crippen LogP contribution in [0.5, 0.6) is 0 Å². The van der Waals surface area contributed by atoms with Crippen molar-refractivity contribution in [3.63, 3.8) is 0 Å².